The fourth-order valence-corrected chi connectivity index (χ4v) is 6.22. The standard InChI is InChI=1S/C19H22N4O.C16H16ClN5/c1-14-4-6-15(7-5-14)23-17-12-20-9-8-16(17)18(21-23)22-10-11-24-19(2,3)13-22;17-12-1-3-13(4-2-12)22-15-11-19-6-5-14(15)16(20-22)21-9-7-18-8-10-21/h4-9,12H,10-11,13H2,1-3H3;1-6,11,18H,7-10H2. The highest BCUT2D eigenvalue weighted by atomic mass is 35.5. The van der Waals surface area contributed by atoms with Gasteiger partial charge in [0, 0.05) is 67.5 Å². The summed E-state index contributed by atoms with van der Waals surface area (Å²) in [6, 6.07) is 20.2. The molecule has 0 bridgehead atoms. The zero-order chi connectivity index (χ0) is 31.7. The van der Waals surface area contributed by atoms with Crippen molar-refractivity contribution in [2.45, 2.75) is 26.4 Å². The van der Waals surface area contributed by atoms with Gasteiger partial charge in [0.2, 0.25) is 0 Å². The first-order valence-electron chi connectivity index (χ1n) is 15.7. The van der Waals surface area contributed by atoms with E-state index in [1.165, 1.54) is 5.56 Å². The van der Waals surface area contributed by atoms with Crippen LogP contribution in [0.15, 0.2) is 85.5 Å². The maximum Gasteiger partial charge on any atom is 0.159 e. The monoisotopic (exact) mass is 635 g/mol. The van der Waals surface area contributed by atoms with E-state index >= 15 is 0 Å². The fourth-order valence-electron chi connectivity index (χ4n) is 6.10. The van der Waals surface area contributed by atoms with E-state index in [-0.39, 0.29) is 5.60 Å². The van der Waals surface area contributed by atoms with Gasteiger partial charge in [0.05, 0.1) is 47.0 Å². The molecule has 236 valence electrons. The highest BCUT2D eigenvalue weighted by Gasteiger charge is 2.30. The summed E-state index contributed by atoms with van der Waals surface area (Å²) in [7, 11) is 0. The minimum atomic E-state index is -0.161. The van der Waals surface area contributed by atoms with Crippen molar-refractivity contribution in [1.82, 2.24) is 34.8 Å². The molecule has 11 heteroatoms. The van der Waals surface area contributed by atoms with Crippen molar-refractivity contribution in [2.24, 2.45) is 0 Å². The Labute approximate surface area is 273 Å². The molecule has 2 aromatic carbocycles. The Morgan fingerprint density at radius 3 is 1.83 bits per heavy atom. The Balaban J connectivity index is 0.000000147. The molecule has 0 atom stereocenters. The molecule has 2 aliphatic heterocycles. The molecule has 4 aromatic heterocycles. The summed E-state index contributed by atoms with van der Waals surface area (Å²) < 4.78 is 9.77. The predicted octanol–water partition coefficient (Wildman–Crippen LogP) is 5.83. The third-order valence-electron chi connectivity index (χ3n) is 8.42. The number of nitrogens with one attached hydrogen (secondary N) is 1. The summed E-state index contributed by atoms with van der Waals surface area (Å²) in [4.78, 5) is 13.2. The molecule has 8 rings (SSSR count). The first-order valence-corrected chi connectivity index (χ1v) is 16.1. The van der Waals surface area contributed by atoms with E-state index < -0.39 is 0 Å². The zero-order valence-electron chi connectivity index (χ0n) is 26.4. The summed E-state index contributed by atoms with van der Waals surface area (Å²) in [6.45, 7) is 12.6. The highest BCUT2D eigenvalue weighted by Crippen LogP contribution is 2.31. The van der Waals surface area contributed by atoms with Crippen molar-refractivity contribution in [3.8, 4) is 11.4 Å². The molecule has 2 fully saturated rings. The van der Waals surface area contributed by atoms with Gasteiger partial charge in [-0.3, -0.25) is 9.97 Å². The molecule has 0 radical (unpaired) electrons. The number of nitrogens with zero attached hydrogens (tertiary/aromatic N) is 8. The normalized spacial score (nSPS) is 16.4. The minimum absolute atomic E-state index is 0.161. The van der Waals surface area contributed by atoms with Crippen LogP contribution >= 0.6 is 11.6 Å². The average Bonchev–Trinajstić information content (AvgIpc) is 3.66. The number of benzene rings is 2. The second-order valence-corrected chi connectivity index (χ2v) is 12.8. The summed E-state index contributed by atoms with van der Waals surface area (Å²) in [5, 5.41) is 16.1. The Bertz CT molecular complexity index is 1940. The number of morpholine rings is 1. The molecule has 10 nitrogen and oxygen atoms in total. The second kappa shape index (κ2) is 12.7. The first-order chi connectivity index (χ1) is 22.4. The number of aromatic nitrogens is 6. The van der Waals surface area contributed by atoms with Crippen molar-refractivity contribution in [1.29, 1.82) is 0 Å². The Kier molecular flexibility index (Phi) is 8.33. The van der Waals surface area contributed by atoms with Gasteiger partial charge in [0.25, 0.3) is 0 Å². The van der Waals surface area contributed by atoms with Crippen LogP contribution in [0.5, 0.6) is 0 Å². The number of halogens is 1. The zero-order valence-corrected chi connectivity index (χ0v) is 27.2. The molecule has 2 aliphatic rings. The van der Waals surface area contributed by atoms with Gasteiger partial charge in [0.15, 0.2) is 11.6 Å². The van der Waals surface area contributed by atoms with E-state index in [2.05, 4.69) is 70.1 Å². The summed E-state index contributed by atoms with van der Waals surface area (Å²) in [5.74, 6) is 2.03. The largest absolute Gasteiger partial charge is 0.372 e. The first kappa shape index (κ1) is 30.2. The maximum absolute atomic E-state index is 5.99. The number of pyridine rings is 2. The van der Waals surface area contributed by atoms with Gasteiger partial charge < -0.3 is 19.9 Å². The lowest BCUT2D eigenvalue weighted by atomic mass is 10.1. The lowest BCUT2D eigenvalue weighted by Crippen LogP contribution is -2.48. The average molecular weight is 636 g/mol. The maximum atomic E-state index is 5.99. The van der Waals surface area contributed by atoms with Crippen molar-refractivity contribution < 1.29 is 4.74 Å². The summed E-state index contributed by atoms with van der Waals surface area (Å²) in [5.41, 5.74) is 5.16. The molecule has 0 unspecified atom stereocenters. The Hall–Kier alpha value is -4.51. The van der Waals surface area contributed by atoms with E-state index in [1.807, 2.05) is 70.5 Å². The van der Waals surface area contributed by atoms with Crippen molar-refractivity contribution >= 4 is 45.0 Å². The molecule has 2 saturated heterocycles. The molecular weight excluding hydrogens is 598 g/mol. The van der Waals surface area contributed by atoms with Crippen LogP contribution in [0, 0.1) is 6.92 Å². The minimum Gasteiger partial charge on any atom is -0.372 e. The Morgan fingerprint density at radius 1 is 0.717 bits per heavy atom. The Morgan fingerprint density at radius 2 is 1.26 bits per heavy atom. The molecule has 0 spiro atoms. The number of anilines is 2. The number of hydrogen-bond donors (Lipinski definition) is 1. The molecular formula is C35H38ClN9O. The number of ether oxygens (including phenoxy) is 1. The highest BCUT2D eigenvalue weighted by molar-refractivity contribution is 6.30. The van der Waals surface area contributed by atoms with E-state index in [0.717, 1.165) is 95.7 Å². The number of aryl methyl sites for hydroxylation is 1. The van der Waals surface area contributed by atoms with Crippen molar-refractivity contribution in [3.05, 3.63) is 96.0 Å². The van der Waals surface area contributed by atoms with Crippen LogP contribution in [0.25, 0.3) is 33.2 Å². The fraction of sp³-hybridized carbons (Fsp3) is 0.314. The van der Waals surface area contributed by atoms with Gasteiger partial charge in [-0.15, -0.1) is 10.2 Å². The molecule has 0 saturated carbocycles. The summed E-state index contributed by atoms with van der Waals surface area (Å²) in [6.07, 6.45) is 7.40. The molecule has 1 N–H and O–H groups in total. The molecule has 0 amide bonds. The molecule has 6 heterocycles. The van der Waals surface area contributed by atoms with Gasteiger partial charge in [0.1, 0.15) is 0 Å². The van der Waals surface area contributed by atoms with Crippen LogP contribution < -0.4 is 15.1 Å². The van der Waals surface area contributed by atoms with Crippen molar-refractivity contribution in [3.63, 3.8) is 0 Å². The number of fused-ring (bicyclic) bond motifs is 2. The van der Waals surface area contributed by atoms with Gasteiger partial charge in [-0.25, -0.2) is 9.36 Å². The van der Waals surface area contributed by atoms with Gasteiger partial charge in [-0.05, 0) is 69.3 Å². The third-order valence-corrected chi connectivity index (χ3v) is 8.67. The van der Waals surface area contributed by atoms with Crippen molar-refractivity contribution in [2.75, 3.05) is 55.7 Å². The van der Waals surface area contributed by atoms with Crippen LogP contribution in [0.4, 0.5) is 11.6 Å². The smallest absolute Gasteiger partial charge is 0.159 e. The topological polar surface area (TPSA) is 89.2 Å². The van der Waals surface area contributed by atoms with Crippen LogP contribution in [-0.4, -0.2) is 81.0 Å². The van der Waals surface area contributed by atoms with E-state index in [4.69, 9.17) is 26.5 Å². The molecule has 46 heavy (non-hydrogen) atoms. The van der Waals surface area contributed by atoms with E-state index in [0.29, 0.717) is 0 Å². The molecule has 6 aromatic rings. The lowest BCUT2D eigenvalue weighted by Gasteiger charge is -2.38. The van der Waals surface area contributed by atoms with E-state index in [1.54, 1.807) is 0 Å². The number of piperazine rings is 1. The lowest BCUT2D eigenvalue weighted by molar-refractivity contribution is -0.0278. The summed E-state index contributed by atoms with van der Waals surface area (Å²) >= 11 is 5.99. The SMILES string of the molecule is Cc1ccc(-n2nc(N3CCOC(C)(C)C3)c3ccncc32)cc1.Clc1ccc(-n2nc(N3CCNCC3)c3ccncc32)cc1. The van der Waals surface area contributed by atoms with Crippen LogP contribution in [0.2, 0.25) is 5.02 Å². The van der Waals surface area contributed by atoms with E-state index in [9.17, 15) is 0 Å². The van der Waals surface area contributed by atoms with Crippen LogP contribution in [0.1, 0.15) is 19.4 Å². The molecule has 0 aliphatic carbocycles. The van der Waals surface area contributed by atoms with Crippen LogP contribution in [0.3, 0.4) is 0 Å². The van der Waals surface area contributed by atoms with Gasteiger partial charge >= 0.3 is 0 Å². The number of hydrogen-bond acceptors (Lipinski definition) is 8. The number of rotatable bonds is 4. The quantitative estimate of drug-likeness (QED) is 0.259. The van der Waals surface area contributed by atoms with Gasteiger partial charge in [-0.2, -0.15) is 0 Å². The predicted molar refractivity (Wildman–Crippen MR) is 185 cm³/mol. The third kappa shape index (κ3) is 6.16. The second-order valence-electron chi connectivity index (χ2n) is 12.3. The van der Waals surface area contributed by atoms with Crippen LogP contribution in [-0.2, 0) is 4.74 Å². The van der Waals surface area contributed by atoms with Gasteiger partial charge in [-0.1, -0.05) is 29.3 Å².